The Hall–Kier alpha value is -0.260. The average molecular weight is 109 g/mol. The van der Waals surface area contributed by atoms with Gasteiger partial charge in [0.05, 0.1) is 0 Å². The minimum atomic E-state index is 1.31. The van der Waals surface area contributed by atoms with E-state index in [0.717, 1.165) is 0 Å². The Bertz CT molecular complexity index is 82.2. The SMILES string of the molecule is CC=C1CC[CH]CC1. The number of allylic oxidation sites excluding steroid dienone is 2. The number of hydrogen-bond donors (Lipinski definition) is 0. The monoisotopic (exact) mass is 109 g/mol. The highest BCUT2D eigenvalue weighted by Crippen LogP contribution is 2.21. The summed E-state index contributed by atoms with van der Waals surface area (Å²) >= 11 is 0. The lowest BCUT2D eigenvalue weighted by molar-refractivity contribution is 0.719. The zero-order valence-electron chi connectivity index (χ0n) is 5.48. The molecule has 0 aliphatic heterocycles. The molecule has 0 aromatic carbocycles. The largest absolute Gasteiger partial charge is 0.0885 e. The summed E-state index contributed by atoms with van der Waals surface area (Å²) in [5.74, 6) is 0. The van der Waals surface area contributed by atoms with Gasteiger partial charge in [0.15, 0.2) is 0 Å². The normalized spacial score (nSPS) is 20.9. The molecule has 1 fully saturated rings. The number of rotatable bonds is 0. The molecule has 0 saturated heterocycles. The molecule has 0 unspecified atom stereocenters. The first-order valence-corrected chi connectivity index (χ1v) is 3.39. The minimum absolute atomic E-state index is 1.31. The fourth-order valence-electron chi connectivity index (χ4n) is 1.13. The van der Waals surface area contributed by atoms with Crippen LogP contribution in [0, 0.1) is 6.42 Å². The van der Waals surface area contributed by atoms with Crippen LogP contribution in [-0.2, 0) is 0 Å². The third-order valence-electron chi connectivity index (χ3n) is 1.75. The van der Waals surface area contributed by atoms with Gasteiger partial charge in [0, 0.05) is 0 Å². The predicted octanol–water partition coefficient (Wildman–Crippen LogP) is 2.71. The summed E-state index contributed by atoms with van der Waals surface area (Å²) in [4.78, 5) is 0. The molecular weight excluding hydrogens is 96.1 g/mol. The van der Waals surface area contributed by atoms with E-state index >= 15 is 0 Å². The molecule has 8 heavy (non-hydrogen) atoms. The maximum atomic E-state index is 2.38. The summed E-state index contributed by atoms with van der Waals surface area (Å²) in [6.45, 7) is 2.14. The quantitative estimate of drug-likeness (QED) is 0.419. The molecule has 0 atom stereocenters. The van der Waals surface area contributed by atoms with Gasteiger partial charge in [-0.25, -0.2) is 0 Å². The molecule has 1 aliphatic carbocycles. The van der Waals surface area contributed by atoms with E-state index in [1.807, 2.05) is 0 Å². The Morgan fingerprint density at radius 3 is 2.38 bits per heavy atom. The van der Waals surface area contributed by atoms with Crippen molar-refractivity contribution in [2.24, 2.45) is 0 Å². The summed E-state index contributed by atoms with van der Waals surface area (Å²) in [7, 11) is 0. The maximum absolute atomic E-state index is 2.38. The summed E-state index contributed by atoms with van der Waals surface area (Å²) < 4.78 is 0. The molecule has 0 N–H and O–H groups in total. The molecule has 0 amide bonds. The van der Waals surface area contributed by atoms with Crippen LogP contribution >= 0.6 is 0 Å². The van der Waals surface area contributed by atoms with Gasteiger partial charge in [0.1, 0.15) is 0 Å². The van der Waals surface area contributed by atoms with Gasteiger partial charge in [-0.3, -0.25) is 0 Å². The van der Waals surface area contributed by atoms with Crippen molar-refractivity contribution >= 4 is 0 Å². The highest BCUT2D eigenvalue weighted by Gasteiger charge is 2.02. The van der Waals surface area contributed by atoms with E-state index in [1.54, 1.807) is 5.57 Å². The van der Waals surface area contributed by atoms with E-state index in [1.165, 1.54) is 25.7 Å². The smallest absolute Gasteiger partial charge is 0.0318 e. The van der Waals surface area contributed by atoms with Crippen molar-refractivity contribution in [1.82, 2.24) is 0 Å². The zero-order valence-corrected chi connectivity index (χ0v) is 5.48. The third-order valence-corrected chi connectivity index (χ3v) is 1.75. The van der Waals surface area contributed by atoms with Gasteiger partial charge in [0.25, 0.3) is 0 Å². The molecule has 0 aromatic heterocycles. The van der Waals surface area contributed by atoms with Crippen molar-refractivity contribution in [3.63, 3.8) is 0 Å². The van der Waals surface area contributed by atoms with Crippen molar-refractivity contribution in [3.05, 3.63) is 18.1 Å². The van der Waals surface area contributed by atoms with Crippen LogP contribution in [0.3, 0.4) is 0 Å². The molecule has 1 aliphatic rings. The Balaban J connectivity index is 2.33. The Kier molecular flexibility index (Phi) is 2.13. The summed E-state index contributed by atoms with van der Waals surface area (Å²) in [5, 5.41) is 0. The van der Waals surface area contributed by atoms with E-state index < -0.39 is 0 Å². The van der Waals surface area contributed by atoms with Crippen LogP contribution in [-0.4, -0.2) is 0 Å². The highest BCUT2D eigenvalue weighted by atomic mass is 14.1. The van der Waals surface area contributed by atoms with E-state index in [-0.39, 0.29) is 0 Å². The molecule has 1 saturated carbocycles. The van der Waals surface area contributed by atoms with E-state index in [4.69, 9.17) is 0 Å². The van der Waals surface area contributed by atoms with Crippen LogP contribution in [0.2, 0.25) is 0 Å². The maximum Gasteiger partial charge on any atom is -0.0318 e. The Morgan fingerprint density at radius 2 is 2.00 bits per heavy atom. The molecule has 0 bridgehead atoms. The fourth-order valence-corrected chi connectivity index (χ4v) is 1.13. The van der Waals surface area contributed by atoms with Crippen molar-refractivity contribution in [1.29, 1.82) is 0 Å². The van der Waals surface area contributed by atoms with Gasteiger partial charge in [-0.2, -0.15) is 0 Å². The Labute approximate surface area is 51.6 Å². The van der Waals surface area contributed by atoms with E-state index in [9.17, 15) is 0 Å². The molecule has 1 radical (unpaired) electrons. The van der Waals surface area contributed by atoms with Crippen molar-refractivity contribution in [2.45, 2.75) is 32.6 Å². The standard InChI is InChI=1S/C8H13/c1-2-8-6-4-3-5-7-8/h2-3H,4-7H2,1H3. The molecule has 0 heterocycles. The Morgan fingerprint density at radius 1 is 1.38 bits per heavy atom. The number of hydrogen-bond acceptors (Lipinski definition) is 0. The summed E-state index contributed by atoms with van der Waals surface area (Å²) in [6.07, 6.45) is 9.88. The zero-order chi connectivity index (χ0) is 5.82. The van der Waals surface area contributed by atoms with Crippen LogP contribution in [0.25, 0.3) is 0 Å². The topological polar surface area (TPSA) is 0 Å². The molecule has 0 heteroatoms. The average Bonchev–Trinajstić information content (AvgIpc) is 1.90. The van der Waals surface area contributed by atoms with Crippen molar-refractivity contribution in [2.75, 3.05) is 0 Å². The highest BCUT2D eigenvalue weighted by molar-refractivity contribution is 5.05. The molecule has 0 nitrogen and oxygen atoms in total. The van der Waals surface area contributed by atoms with Gasteiger partial charge >= 0.3 is 0 Å². The van der Waals surface area contributed by atoms with Crippen molar-refractivity contribution in [3.8, 4) is 0 Å². The van der Waals surface area contributed by atoms with Gasteiger partial charge in [-0.1, -0.05) is 11.6 Å². The van der Waals surface area contributed by atoms with Gasteiger partial charge in [0.2, 0.25) is 0 Å². The first-order valence-electron chi connectivity index (χ1n) is 3.39. The van der Waals surface area contributed by atoms with Crippen LogP contribution in [0.4, 0.5) is 0 Å². The van der Waals surface area contributed by atoms with Gasteiger partial charge in [-0.05, 0) is 39.0 Å². The third kappa shape index (κ3) is 1.36. The van der Waals surface area contributed by atoms with Crippen LogP contribution in [0.15, 0.2) is 11.6 Å². The van der Waals surface area contributed by atoms with Gasteiger partial charge < -0.3 is 0 Å². The van der Waals surface area contributed by atoms with Crippen LogP contribution < -0.4 is 0 Å². The molecule has 45 valence electrons. The first kappa shape index (κ1) is 5.87. The van der Waals surface area contributed by atoms with E-state index in [2.05, 4.69) is 19.4 Å². The van der Waals surface area contributed by atoms with Crippen LogP contribution in [0.1, 0.15) is 32.6 Å². The second-order valence-electron chi connectivity index (χ2n) is 2.31. The van der Waals surface area contributed by atoms with Crippen molar-refractivity contribution < 1.29 is 0 Å². The molecule has 0 aromatic rings. The fraction of sp³-hybridized carbons (Fsp3) is 0.625. The second kappa shape index (κ2) is 2.91. The predicted molar refractivity (Wildman–Crippen MR) is 36.5 cm³/mol. The van der Waals surface area contributed by atoms with Crippen LogP contribution in [0.5, 0.6) is 0 Å². The lowest BCUT2D eigenvalue weighted by Crippen LogP contribution is -1.92. The minimum Gasteiger partial charge on any atom is -0.0885 e. The molecular formula is C8H13. The van der Waals surface area contributed by atoms with Gasteiger partial charge in [-0.15, -0.1) is 0 Å². The lowest BCUT2D eigenvalue weighted by Gasteiger charge is -2.11. The first-order chi connectivity index (χ1) is 3.93. The lowest BCUT2D eigenvalue weighted by atomic mass is 9.95. The summed E-state index contributed by atoms with van der Waals surface area (Å²) in [5.41, 5.74) is 1.65. The molecule has 1 rings (SSSR count). The van der Waals surface area contributed by atoms with E-state index in [0.29, 0.717) is 0 Å². The summed E-state index contributed by atoms with van der Waals surface area (Å²) in [6, 6.07) is 0. The second-order valence-corrected chi connectivity index (χ2v) is 2.31. The molecule has 0 spiro atoms.